The molecule has 0 radical (unpaired) electrons. The van der Waals surface area contributed by atoms with E-state index in [9.17, 15) is 35.9 Å². The van der Waals surface area contributed by atoms with Crippen LogP contribution in [-0.4, -0.2) is 42.6 Å². The molecule has 5 nitrogen and oxygen atoms in total. The van der Waals surface area contributed by atoms with E-state index >= 15 is 0 Å². The minimum atomic E-state index is -2.40. The summed E-state index contributed by atoms with van der Waals surface area (Å²) < 4.78 is 93.4. The molecule has 1 fully saturated rings. The highest BCUT2D eigenvalue weighted by Crippen LogP contribution is 2.38. The lowest BCUT2D eigenvalue weighted by Crippen LogP contribution is -2.46. The third-order valence-electron chi connectivity index (χ3n) is 5.16. The number of carbonyl (C=O) groups excluding carboxylic acids is 2. The van der Waals surface area contributed by atoms with E-state index < -0.39 is 80.8 Å². The molecule has 1 saturated heterocycles. The summed E-state index contributed by atoms with van der Waals surface area (Å²) in [6.45, 7) is 1.52. The maximum atomic E-state index is 14.4. The van der Waals surface area contributed by atoms with Crippen molar-refractivity contribution in [1.82, 2.24) is 4.90 Å². The first-order chi connectivity index (χ1) is 15.5. The second-order valence-corrected chi connectivity index (χ2v) is 7.59. The van der Waals surface area contributed by atoms with E-state index in [-0.39, 0.29) is 6.54 Å². The summed E-state index contributed by atoms with van der Waals surface area (Å²) in [4.78, 5) is 25.9. The van der Waals surface area contributed by atoms with Crippen LogP contribution in [0.3, 0.4) is 0 Å². The van der Waals surface area contributed by atoms with Crippen molar-refractivity contribution < 1.29 is 45.4 Å². The maximum absolute atomic E-state index is 14.4. The van der Waals surface area contributed by atoms with Crippen LogP contribution in [0.25, 0.3) is 11.1 Å². The van der Waals surface area contributed by atoms with Crippen molar-refractivity contribution >= 4 is 23.5 Å². The summed E-state index contributed by atoms with van der Waals surface area (Å²) in [5.41, 5.74) is -2.54. The SMILES string of the molecule is COC(=O)[C@@H]1CCCN1C(=O)[C@H](C)Oc1cc(-c2c(F)c(F)c(F)c(F)c2F)c(F)cc1Cl. The highest BCUT2D eigenvalue weighted by Gasteiger charge is 2.37. The van der Waals surface area contributed by atoms with Crippen LogP contribution in [0.2, 0.25) is 5.02 Å². The molecule has 0 bridgehead atoms. The van der Waals surface area contributed by atoms with Gasteiger partial charge in [0.2, 0.25) is 5.82 Å². The predicted molar refractivity (Wildman–Crippen MR) is 103 cm³/mol. The minimum Gasteiger partial charge on any atom is -0.479 e. The van der Waals surface area contributed by atoms with E-state index in [1.54, 1.807) is 0 Å². The number of carbonyl (C=O) groups is 2. The molecule has 2 aromatic carbocycles. The monoisotopic (exact) mass is 495 g/mol. The summed E-state index contributed by atoms with van der Waals surface area (Å²) in [6.07, 6.45) is -0.408. The van der Waals surface area contributed by atoms with Gasteiger partial charge < -0.3 is 14.4 Å². The molecule has 0 unspecified atom stereocenters. The molecule has 2 aromatic rings. The number of rotatable bonds is 5. The fourth-order valence-corrected chi connectivity index (χ4v) is 3.73. The predicted octanol–water partition coefficient (Wildman–Crippen LogP) is 4.77. The Kier molecular flexibility index (Phi) is 7.11. The molecule has 33 heavy (non-hydrogen) atoms. The number of methoxy groups -OCH3 is 1. The summed E-state index contributed by atoms with van der Waals surface area (Å²) in [5.74, 6) is -14.5. The first-order valence-corrected chi connectivity index (χ1v) is 9.93. The molecule has 0 saturated carbocycles. The van der Waals surface area contributed by atoms with E-state index in [1.165, 1.54) is 18.9 Å². The van der Waals surface area contributed by atoms with Crippen molar-refractivity contribution in [2.45, 2.75) is 31.9 Å². The van der Waals surface area contributed by atoms with Gasteiger partial charge in [0.25, 0.3) is 5.91 Å². The topological polar surface area (TPSA) is 55.8 Å². The average molecular weight is 496 g/mol. The van der Waals surface area contributed by atoms with Crippen LogP contribution in [0, 0.1) is 34.9 Å². The van der Waals surface area contributed by atoms with Crippen molar-refractivity contribution in [3.8, 4) is 16.9 Å². The Morgan fingerprint density at radius 1 is 1.03 bits per heavy atom. The van der Waals surface area contributed by atoms with Crippen LogP contribution in [-0.2, 0) is 14.3 Å². The summed E-state index contributed by atoms with van der Waals surface area (Å²) in [6, 6.07) is 0.344. The van der Waals surface area contributed by atoms with Crippen molar-refractivity contribution in [1.29, 1.82) is 0 Å². The standard InChI is InChI=1S/C21H16ClF6NO4/c1-8(20(30)29-5-3-4-12(29)21(31)32-2)33-13-6-9(11(23)7-10(13)22)14-15(24)17(26)19(28)18(27)16(14)25/h6-8,12H,3-5H2,1-2H3/t8-,12-/m0/s1. The third kappa shape index (κ3) is 4.46. The Morgan fingerprint density at radius 3 is 2.18 bits per heavy atom. The summed E-state index contributed by atoms with van der Waals surface area (Å²) in [7, 11) is 1.17. The molecule has 1 aliphatic rings. The van der Waals surface area contributed by atoms with Gasteiger partial charge in [-0.25, -0.2) is 31.1 Å². The van der Waals surface area contributed by atoms with Gasteiger partial charge in [-0.3, -0.25) is 4.79 Å². The van der Waals surface area contributed by atoms with E-state index in [1.807, 2.05) is 0 Å². The normalized spacial score (nSPS) is 16.6. The number of nitrogens with zero attached hydrogens (tertiary/aromatic N) is 1. The number of esters is 1. The molecule has 0 aromatic heterocycles. The zero-order chi connectivity index (χ0) is 24.6. The van der Waals surface area contributed by atoms with Crippen LogP contribution in [0.4, 0.5) is 26.3 Å². The van der Waals surface area contributed by atoms with E-state index in [0.717, 1.165) is 0 Å². The smallest absolute Gasteiger partial charge is 0.328 e. The molecule has 0 aliphatic carbocycles. The van der Waals surface area contributed by atoms with Gasteiger partial charge in [-0.1, -0.05) is 11.6 Å². The van der Waals surface area contributed by atoms with Crippen LogP contribution in [0.5, 0.6) is 5.75 Å². The fourth-order valence-electron chi connectivity index (χ4n) is 3.54. The van der Waals surface area contributed by atoms with Gasteiger partial charge in [-0.2, -0.15) is 0 Å². The van der Waals surface area contributed by atoms with E-state index in [0.29, 0.717) is 25.0 Å². The maximum Gasteiger partial charge on any atom is 0.328 e. The van der Waals surface area contributed by atoms with Crippen LogP contribution in [0.1, 0.15) is 19.8 Å². The minimum absolute atomic E-state index is 0.235. The van der Waals surface area contributed by atoms with Crippen molar-refractivity contribution in [2.75, 3.05) is 13.7 Å². The number of ether oxygens (including phenoxy) is 2. The number of halogens is 7. The molecule has 1 aliphatic heterocycles. The molecule has 0 N–H and O–H groups in total. The first kappa shape index (κ1) is 24.7. The number of hydrogen-bond acceptors (Lipinski definition) is 4. The van der Waals surface area contributed by atoms with Crippen LogP contribution in [0.15, 0.2) is 12.1 Å². The second-order valence-electron chi connectivity index (χ2n) is 7.18. The van der Waals surface area contributed by atoms with E-state index in [2.05, 4.69) is 4.74 Å². The lowest BCUT2D eigenvalue weighted by Gasteiger charge is -2.26. The van der Waals surface area contributed by atoms with Gasteiger partial charge in [0.05, 0.1) is 17.7 Å². The third-order valence-corrected chi connectivity index (χ3v) is 5.46. The zero-order valence-corrected chi connectivity index (χ0v) is 17.9. The Morgan fingerprint density at radius 2 is 1.61 bits per heavy atom. The average Bonchev–Trinajstić information content (AvgIpc) is 3.28. The largest absolute Gasteiger partial charge is 0.479 e. The molecule has 1 amide bonds. The number of hydrogen-bond donors (Lipinski definition) is 0. The number of benzene rings is 2. The molecule has 178 valence electrons. The Balaban J connectivity index is 1.96. The van der Waals surface area contributed by atoms with Gasteiger partial charge in [-0.15, -0.1) is 0 Å². The Hall–Kier alpha value is -2.95. The Labute approximate surface area is 188 Å². The molecule has 3 rings (SSSR count). The van der Waals surface area contributed by atoms with Crippen molar-refractivity contribution in [2.24, 2.45) is 0 Å². The molecular formula is C21H16ClF6NO4. The molecule has 0 spiro atoms. The van der Waals surface area contributed by atoms with Crippen molar-refractivity contribution in [3.63, 3.8) is 0 Å². The van der Waals surface area contributed by atoms with Gasteiger partial charge in [0.1, 0.15) is 17.6 Å². The molecular weight excluding hydrogens is 480 g/mol. The Bertz CT molecular complexity index is 1100. The van der Waals surface area contributed by atoms with Crippen LogP contribution < -0.4 is 4.74 Å². The lowest BCUT2D eigenvalue weighted by molar-refractivity contribution is -0.153. The quantitative estimate of drug-likeness (QED) is 0.259. The fraction of sp³-hybridized carbons (Fsp3) is 0.333. The highest BCUT2D eigenvalue weighted by molar-refractivity contribution is 6.32. The van der Waals surface area contributed by atoms with Crippen molar-refractivity contribution in [3.05, 3.63) is 52.1 Å². The molecule has 1 heterocycles. The zero-order valence-electron chi connectivity index (χ0n) is 17.2. The summed E-state index contributed by atoms with van der Waals surface area (Å²) >= 11 is 5.91. The van der Waals surface area contributed by atoms with Crippen LogP contribution >= 0.6 is 11.6 Å². The van der Waals surface area contributed by atoms with Gasteiger partial charge >= 0.3 is 5.97 Å². The van der Waals surface area contributed by atoms with Gasteiger partial charge in [0, 0.05) is 12.1 Å². The van der Waals surface area contributed by atoms with Gasteiger partial charge in [-0.05, 0) is 31.9 Å². The van der Waals surface area contributed by atoms with Gasteiger partial charge in [0.15, 0.2) is 29.4 Å². The van der Waals surface area contributed by atoms with E-state index in [4.69, 9.17) is 16.3 Å². The first-order valence-electron chi connectivity index (χ1n) is 9.55. The lowest BCUT2D eigenvalue weighted by atomic mass is 10.0. The second kappa shape index (κ2) is 9.50. The highest BCUT2D eigenvalue weighted by atomic mass is 35.5. The molecule has 12 heteroatoms. The summed E-state index contributed by atoms with van der Waals surface area (Å²) in [5, 5.41) is -0.425. The number of amides is 1. The number of likely N-dealkylation sites (tertiary alicyclic amines) is 1. The molecule has 2 atom stereocenters.